The summed E-state index contributed by atoms with van der Waals surface area (Å²) in [6.45, 7) is 0. The number of benzene rings is 2. The molecule has 0 spiro atoms. The van der Waals surface area contributed by atoms with Gasteiger partial charge in [0.05, 0.1) is 15.1 Å². The van der Waals surface area contributed by atoms with Crippen LogP contribution in [0.2, 0.25) is 0 Å². The third-order valence-electron chi connectivity index (χ3n) is 2.69. The largest absolute Gasteiger partial charge is 0.399 e. The van der Waals surface area contributed by atoms with Gasteiger partial charge in [-0.15, -0.1) is 0 Å². The number of nitrogen functional groups attached to an aromatic ring is 1. The van der Waals surface area contributed by atoms with Crippen LogP contribution in [0.1, 0.15) is 5.56 Å². The lowest BCUT2D eigenvalue weighted by Gasteiger charge is -2.08. The Balaban J connectivity index is 2.47. The van der Waals surface area contributed by atoms with E-state index in [1.165, 1.54) is 30.3 Å². The van der Waals surface area contributed by atoms with Gasteiger partial charge >= 0.3 is 0 Å². The van der Waals surface area contributed by atoms with E-state index in [0.717, 1.165) is 6.07 Å². The smallest absolute Gasteiger partial charge is 0.182 e. The van der Waals surface area contributed by atoms with Crippen LogP contribution in [0.5, 0.6) is 0 Å². The highest BCUT2D eigenvalue weighted by Crippen LogP contribution is 2.26. The minimum atomic E-state index is -3.88. The van der Waals surface area contributed by atoms with E-state index in [-0.39, 0.29) is 15.1 Å². The van der Waals surface area contributed by atoms with E-state index in [0.29, 0.717) is 0 Å². The highest BCUT2D eigenvalue weighted by molar-refractivity contribution is 9.10. The summed E-state index contributed by atoms with van der Waals surface area (Å²) in [7, 11) is -3.88. The number of halogens is 3. The minimum Gasteiger partial charge on any atom is -0.399 e. The van der Waals surface area contributed by atoms with E-state index < -0.39 is 32.8 Å². The Morgan fingerprint density at radius 2 is 1.85 bits per heavy atom. The first-order valence-electron chi connectivity index (χ1n) is 5.52. The van der Waals surface area contributed by atoms with Crippen molar-refractivity contribution < 1.29 is 17.2 Å². The molecule has 0 atom stereocenters. The maximum atomic E-state index is 13.8. The average molecular weight is 362 g/mol. The van der Waals surface area contributed by atoms with Crippen molar-refractivity contribution in [2.24, 2.45) is 0 Å². The molecule has 0 aliphatic rings. The van der Waals surface area contributed by atoms with E-state index in [2.05, 4.69) is 15.9 Å². The van der Waals surface area contributed by atoms with Crippen molar-refractivity contribution in [3.05, 3.63) is 58.1 Å². The lowest BCUT2D eigenvalue weighted by Crippen LogP contribution is -2.09. The van der Waals surface area contributed by atoms with Gasteiger partial charge in [0, 0.05) is 11.3 Å². The maximum Gasteiger partial charge on any atom is 0.182 e. The first-order chi connectivity index (χ1) is 9.31. The Morgan fingerprint density at radius 3 is 2.50 bits per heavy atom. The number of sulfone groups is 1. The lowest BCUT2D eigenvalue weighted by molar-refractivity contribution is 0.552. The monoisotopic (exact) mass is 361 g/mol. The van der Waals surface area contributed by atoms with E-state index in [9.17, 15) is 17.2 Å². The predicted octanol–water partition coefficient (Wildman–Crippen LogP) is 3.28. The number of hydrogen-bond acceptors (Lipinski definition) is 3. The second-order valence-corrected chi connectivity index (χ2v) is 7.00. The van der Waals surface area contributed by atoms with Gasteiger partial charge in [0.15, 0.2) is 9.84 Å². The predicted molar refractivity (Wildman–Crippen MR) is 75.8 cm³/mol. The van der Waals surface area contributed by atoms with Crippen molar-refractivity contribution in [2.75, 3.05) is 5.73 Å². The second-order valence-electron chi connectivity index (χ2n) is 4.15. The van der Waals surface area contributed by atoms with Gasteiger partial charge in [-0.05, 0) is 46.3 Å². The van der Waals surface area contributed by atoms with Gasteiger partial charge in [-0.1, -0.05) is 6.07 Å². The summed E-state index contributed by atoms with van der Waals surface area (Å²) in [5.41, 5.74) is 5.28. The Hall–Kier alpha value is -1.47. The van der Waals surface area contributed by atoms with Crippen molar-refractivity contribution >= 4 is 31.5 Å². The molecule has 7 heteroatoms. The second kappa shape index (κ2) is 5.49. The zero-order valence-electron chi connectivity index (χ0n) is 10.1. The molecule has 0 aromatic heterocycles. The summed E-state index contributed by atoms with van der Waals surface area (Å²) < 4.78 is 51.8. The van der Waals surface area contributed by atoms with Crippen molar-refractivity contribution in [1.82, 2.24) is 0 Å². The standard InChI is InChI=1S/C13H10BrF2NO2S/c14-11-4-5-12(15)10(13(11)16)7-20(18,19)9-3-1-2-8(17)6-9/h1-6H,7,17H2. The SMILES string of the molecule is Nc1cccc(S(=O)(=O)Cc2c(F)ccc(Br)c2F)c1. The third kappa shape index (κ3) is 2.99. The number of hydrogen-bond donors (Lipinski definition) is 1. The zero-order chi connectivity index (χ0) is 14.9. The van der Waals surface area contributed by atoms with Gasteiger partial charge in [-0.3, -0.25) is 0 Å². The van der Waals surface area contributed by atoms with Crippen molar-refractivity contribution in [1.29, 1.82) is 0 Å². The van der Waals surface area contributed by atoms with Gasteiger partial charge in [-0.2, -0.15) is 0 Å². The van der Waals surface area contributed by atoms with Crippen LogP contribution in [0.25, 0.3) is 0 Å². The quantitative estimate of drug-likeness (QED) is 0.673. The molecule has 2 N–H and O–H groups in total. The van der Waals surface area contributed by atoms with Gasteiger partial charge in [0.25, 0.3) is 0 Å². The summed E-state index contributed by atoms with van der Waals surface area (Å²) in [6.07, 6.45) is 0. The van der Waals surface area contributed by atoms with Crippen LogP contribution in [0, 0.1) is 11.6 Å². The molecule has 0 radical (unpaired) electrons. The lowest BCUT2D eigenvalue weighted by atomic mass is 10.2. The van der Waals surface area contributed by atoms with E-state index in [1.807, 2.05) is 0 Å². The summed E-state index contributed by atoms with van der Waals surface area (Å²) >= 11 is 2.90. The molecule has 0 saturated carbocycles. The van der Waals surface area contributed by atoms with Gasteiger partial charge < -0.3 is 5.73 Å². The molecule has 0 saturated heterocycles. The molecule has 0 aliphatic heterocycles. The molecule has 20 heavy (non-hydrogen) atoms. The van der Waals surface area contributed by atoms with Gasteiger partial charge in [-0.25, -0.2) is 17.2 Å². The number of anilines is 1. The fraction of sp³-hybridized carbons (Fsp3) is 0.0769. The van der Waals surface area contributed by atoms with E-state index in [1.54, 1.807) is 0 Å². The van der Waals surface area contributed by atoms with Crippen LogP contribution in [0.4, 0.5) is 14.5 Å². The molecule has 0 unspecified atom stereocenters. The van der Waals surface area contributed by atoms with Crippen molar-refractivity contribution in [3.8, 4) is 0 Å². The Bertz CT molecular complexity index is 763. The van der Waals surface area contributed by atoms with Crippen LogP contribution in [0.3, 0.4) is 0 Å². The molecule has 2 rings (SSSR count). The first-order valence-corrected chi connectivity index (χ1v) is 7.96. The molecule has 3 nitrogen and oxygen atoms in total. The number of rotatable bonds is 3. The summed E-state index contributed by atoms with van der Waals surface area (Å²) in [4.78, 5) is -0.0729. The molecular formula is C13H10BrF2NO2S. The van der Waals surface area contributed by atoms with Crippen molar-refractivity contribution in [3.63, 3.8) is 0 Å². The Kier molecular flexibility index (Phi) is 4.10. The van der Waals surface area contributed by atoms with Gasteiger partial charge in [0.2, 0.25) is 0 Å². The maximum absolute atomic E-state index is 13.8. The van der Waals surface area contributed by atoms with Crippen LogP contribution < -0.4 is 5.73 Å². The molecule has 0 bridgehead atoms. The van der Waals surface area contributed by atoms with Crippen molar-refractivity contribution in [2.45, 2.75) is 10.6 Å². The summed E-state index contributed by atoms with van der Waals surface area (Å²) in [5, 5.41) is 0. The minimum absolute atomic E-state index is 0.0108. The third-order valence-corrected chi connectivity index (χ3v) is 4.94. The highest BCUT2D eigenvalue weighted by atomic mass is 79.9. The summed E-state index contributed by atoms with van der Waals surface area (Å²) in [5.74, 6) is -2.59. The molecule has 0 heterocycles. The molecule has 0 aliphatic carbocycles. The number of nitrogens with two attached hydrogens (primary N) is 1. The van der Waals surface area contributed by atoms with Crippen LogP contribution >= 0.6 is 15.9 Å². The fourth-order valence-corrected chi connectivity index (χ4v) is 3.47. The first kappa shape index (κ1) is 14.9. The average Bonchev–Trinajstić information content (AvgIpc) is 2.39. The Labute approximate surface area is 123 Å². The zero-order valence-corrected chi connectivity index (χ0v) is 12.5. The Morgan fingerprint density at radius 1 is 1.15 bits per heavy atom. The topological polar surface area (TPSA) is 60.2 Å². The van der Waals surface area contributed by atoms with Crippen LogP contribution in [0.15, 0.2) is 45.8 Å². The molecule has 2 aromatic rings. The molecule has 106 valence electrons. The molecular weight excluding hydrogens is 352 g/mol. The van der Waals surface area contributed by atoms with Gasteiger partial charge in [0.1, 0.15) is 11.6 Å². The highest BCUT2D eigenvalue weighted by Gasteiger charge is 2.22. The van der Waals surface area contributed by atoms with E-state index in [4.69, 9.17) is 5.73 Å². The van der Waals surface area contributed by atoms with E-state index >= 15 is 0 Å². The molecule has 2 aromatic carbocycles. The van der Waals surface area contributed by atoms with Crippen LogP contribution in [-0.2, 0) is 15.6 Å². The summed E-state index contributed by atoms with van der Waals surface area (Å²) in [6, 6.07) is 7.77. The molecule has 0 fully saturated rings. The fourth-order valence-electron chi connectivity index (χ4n) is 1.68. The van der Waals surface area contributed by atoms with Crippen LogP contribution in [-0.4, -0.2) is 8.42 Å². The normalized spacial score (nSPS) is 11.6. The molecule has 0 amide bonds.